The van der Waals surface area contributed by atoms with E-state index in [1.807, 2.05) is 43.3 Å². The summed E-state index contributed by atoms with van der Waals surface area (Å²) in [7, 11) is 0. The van der Waals surface area contributed by atoms with Crippen molar-refractivity contribution in [3.8, 4) is 34.4 Å². The van der Waals surface area contributed by atoms with Gasteiger partial charge in [-0.1, -0.05) is 53.5 Å². The summed E-state index contributed by atoms with van der Waals surface area (Å²) in [5.41, 5.74) is 3.68. The molecule has 1 aromatic heterocycles. The van der Waals surface area contributed by atoms with Crippen LogP contribution in [0.2, 0.25) is 10.0 Å². The maximum absolute atomic E-state index is 10.0. The molecule has 1 heterocycles. The van der Waals surface area contributed by atoms with Crippen LogP contribution in [0, 0.1) is 18.3 Å². The summed E-state index contributed by atoms with van der Waals surface area (Å²) in [6.45, 7) is 7.54. The van der Waals surface area contributed by atoms with Crippen molar-refractivity contribution in [1.29, 1.82) is 5.26 Å². The van der Waals surface area contributed by atoms with Crippen LogP contribution >= 0.6 is 23.2 Å². The highest BCUT2D eigenvalue weighted by Gasteiger charge is 2.23. The van der Waals surface area contributed by atoms with Crippen molar-refractivity contribution in [1.82, 2.24) is 10.3 Å². The number of hydrogen-bond donors (Lipinski definition) is 4. The van der Waals surface area contributed by atoms with E-state index in [0.717, 1.165) is 22.3 Å². The van der Waals surface area contributed by atoms with Crippen molar-refractivity contribution < 1.29 is 29.5 Å². The molecule has 4 aromatic rings. The molecule has 0 spiro atoms. The van der Waals surface area contributed by atoms with Gasteiger partial charge in [0.2, 0.25) is 0 Å². The first-order valence-corrected chi connectivity index (χ1v) is 16.2. The van der Waals surface area contributed by atoms with Crippen molar-refractivity contribution in [2.75, 3.05) is 19.8 Å². The molecule has 254 valence electrons. The first-order valence-electron chi connectivity index (χ1n) is 15.5. The van der Waals surface area contributed by atoms with Crippen LogP contribution in [-0.4, -0.2) is 51.3 Å². The summed E-state index contributed by atoms with van der Waals surface area (Å²) in [6.07, 6.45) is 3.57. The Morgan fingerprint density at radius 1 is 0.854 bits per heavy atom. The summed E-state index contributed by atoms with van der Waals surface area (Å²) in [5, 5.41) is 42.8. The summed E-state index contributed by atoms with van der Waals surface area (Å²) in [4.78, 5) is 4.10. The SMILES string of the molecule is Cc1c(COc2cc(OCc3cncc(C#N)c3)c(CNC(C)(CO)CO)cc2Cl)cccc1-c1cccc(OCCC(C)(C)O)c1Cl. The van der Waals surface area contributed by atoms with Crippen LogP contribution in [0.25, 0.3) is 11.1 Å². The van der Waals surface area contributed by atoms with Crippen molar-refractivity contribution in [2.24, 2.45) is 0 Å². The number of benzene rings is 3. The number of hydrogen-bond acceptors (Lipinski definition) is 9. The van der Waals surface area contributed by atoms with Crippen LogP contribution in [-0.2, 0) is 19.8 Å². The Kier molecular flexibility index (Phi) is 12.7. The Bertz CT molecular complexity index is 1750. The molecule has 0 bridgehead atoms. The number of pyridine rings is 1. The van der Waals surface area contributed by atoms with Gasteiger partial charge in [0.1, 0.15) is 36.5 Å². The van der Waals surface area contributed by atoms with Crippen LogP contribution in [0.5, 0.6) is 17.2 Å². The van der Waals surface area contributed by atoms with Gasteiger partial charge in [-0.05, 0) is 62.6 Å². The van der Waals surface area contributed by atoms with E-state index in [-0.39, 0.29) is 33.0 Å². The molecule has 0 saturated heterocycles. The van der Waals surface area contributed by atoms with Gasteiger partial charge in [-0.3, -0.25) is 4.98 Å². The third kappa shape index (κ3) is 9.83. The van der Waals surface area contributed by atoms with Crippen molar-refractivity contribution in [2.45, 2.75) is 65.0 Å². The van der Waals surface area contributed by atoms with E-state index >= 15 is 0 Å². The van der Waals surface area contributed by atoms with Gasteiger partial charge in [-0.25, -0.2) is 0 Å². The second kappa shape index (κ2) is 16.5. The summed E-state index contributed by atoms with van der Waals surface area (Å²) >= 11 is 13.5. The molecule has 0 aliphatic rings. The van der Waals surface area contributed by atoms with E-state index in [1.165, 1.54) is 6.20 Å². The Morgan fingerprint density at radius 2 is 1.56 bits per heavy atom. The largest absolute Gasteiger partial charge is 0.492 e. The van der Waals surface area contributed by atoms with E-state index in [2.05, 4.69) is 16.4 Å². The number of aromatic nitrogens is 1. The van der Waals surface area contributed by atoms with Crippen LogP contribution in [0.15, 0.2) is 67.0 Å². The lowest BCUT2D eigenvalue weighted by molar-refractivity contribution is 0.0553. The first kappa shape index (κ1) is 36.9. The van der Waals surface area contributed by atoms with Gasteiger partial charge in [0.25, 0.3) is 0 Å². The zero-order valence-electron chi connectivity index (χ0n) is 27.5. The summed E-state index contributed by atoms with van der Waals surface area (Å²) in [6, 6.07) is 18.7. The fraction of sp³-hybridized carbons (Fsp3) is 0.351. The molecule has 4 N–H and O–H groups in total. The van der Waals surface area contributed by atoms with E-state index < -0.39 is 11.1 Å². The van der Waals surface area contributed by atoms with Crippen LogP contribution in [0.4, 0.5) is 0 Å². The van der Waals surface area contributed by atoms with Crippen LogP contribution in [0.3, 0.4) is 0 Å². The van der Waals surface area contributed by atoms with Gasteiger partial charge in [-0.15, -0.1) is 0 Å². The molecule has 0 aliphatic heterocycles. The molecule has 0 saturated carbocycles. The van der Waals surface area contributed by atoms with Gasteiger partial charge in [0.15, 0.2) is 0 Å². The molecule has 9 nitrogen and oxygen atoms in total. The maximum Gasteiger partial charge on any atom is 0.142 e. The third-order valence-corrected chi connectivity index (χ3v) is 8.58. The Balaban J connectivity index is 1.57. The monoisotopic (exact) mass is 693 g/mol. The average Bonchev–Trinajstić information content (AvgIpc) is 3.07. The summed E-state index contributed by atoms with van der Waals surface area (Å²) in [5.74, 6) is 1.42. The lowest BCUT2D eigenvalue weighted by Crippen LogP contribution is -2.48. The smallest absolute Gasteiger partial charge is 0.142 e. The molecule has 0 fully saturated rings. The number of nitrogens with zero attached hydrogens (tertiary/aromatic N) is 2. The molecule has 11 heteroatoms. The fourth-order valence-electron chi connectivity index (χ4n) is 4.75. The van der Waals surface area contributed by atoms with E-state index in [4.69, 9.17) is 37.4 Å². The molecular formula is C37H41Cl2N3O6. The third-order valence-electron chi connectivity index (χ3n) is 7.89. The highest BCUT2D eigenvalue weighted by Crippen LogP contribution is 2.39. The molecule has 3 aromatic carbocycles. The van der Waals surface area contributed by atoms with Gasteiger partial charge < -0.3 is 34.8 Å². The van der Waals surface area contributed by atoms with E-state index in [0.29, 0.717) is 57.0 Å². The van der Waals surface area contributed by atoms with Crippen molar-refractivity contribution >= 4 is 23.2 Å². The molecule has 0 atom stereocenters. The number of ether oxygens (including phenoxy) is 3. The Morgan fingerprint density at radius 3 is 2.27 bits per heavy atom. The average molecular weight is 695 g/mol. The Hall–Kier alpha value is -3.88. The van der Waals surface area contributed by atoms with Gasteiger partial charge >= 0.3 is 0 Å². The number of halogens is 2. The van der Waals surface area contributed by atoms with E-state index in [9.17, 15) is 20.6 Å². The zero-order chi connectivity index (χ0) is 34.9. The minimum Gasteiger partial charge on any atom is -0.492 e. The van der Waals surface area contributed by atoms with E-state index in [1.54, 1.807) is 45.2 Å². The van der Waals surface area contributed by atoms with Gasteiger partial charge in [0, 0.05) is 48.1 Å². The number of rotatable bonds is 16. The second-order valence-corrected chi connectivity index (χ2v) is 13.3. The minimum atomic E-state index is -0.919. The highest BCUT2D eigenvalue weighted by atomic mass is 35.5. The molecule has 0 aliphatic carbocycles. The predicted molar refractivity (Wildman–Crippen MR) is 187 cm³/mol. The molecule has 0 radical (unpaired) electrons. The zero-order valence-corrected chi connectivity index (χ0v) is 29.0. The first-order chi connectivity index (χ1) is 22.9. The topological polar surface area (TPSA) is 137 Å². The lowest BCUT2D eigenvalue weighted by atomic mass is 9.96. The quantitative estimate of drug-likeness (QED) is 0.100. The van der Waals surface area contributed by atoms with Gasteiger partial charge in [-0.2, -0.15) is 5.26 Å². The molecule has 4 rings (SSSR count). The van der Waals surface area contributed by atoms with Gasteiger partial charge in [0.05, 0.1) is 46.6 Å². The number of aliphatic hydroxyl groups excluding tert-OH is 2. The van der Waals surface area contributed by atoms with Crippen molar-refractivity contribution in [3.63, 3.8) is 0 Å². The Labute approximate surface area is 291 Å². The predicted octanol–water partition coefficient (Wildman–Crippen LogP) is 6.77. The van der Waals surface area contributed by atoms with Crippen molar-refractivity contribution in [3.05, 3.63) is 105 Å². The maximum atomic E-state index is 10.0. The highest BCUT2D eigenvalue weighted by molar-refractivity contribution is 6.35. The minimum absolute atomic E-state index is 0.135. The molecule has 48 heavy (non-hydrogen) atoms. The van der Waals surface area contributed by atoms with Crippen LogP contribution in [0.1, 0.15) is 55.0 Å². The molecular weight excluding hydrogens is 653 g/mol. The number of aliphatic hydroxyl groups is 3. The fourth-order valence-corrected chi connectivity index (χ4v) is 5.27. The summed E-state index contributed by atoms with van der Waals surface area (Å²) < 4.78 is 18.3. The number of nitriles is 1. The molecule has 0 unspecified atom stereocenters. The second-order valence-electron chi connectivity index (χ2n) is 12.5. The normalized spacial score (nSPS) is 11.7. The van der Waals surface area contributed by atoms with Crippen LogP contribution < -0.4 is 19.5 Å². The standard InChI is InChI=1S/C37H41Cl2N3O6/c1-24-27(7-5-8-29(24)30-9-6-10-32(35(30)39)46-12-11-36(2,3)45)21-48-34-15-33(47-20-26-13-25(16-40)17-41-18-26)28(14-31(34)38)19-42-37(4,22-43)23-44/h5-10,13-15,17-18,42-45H,11-12,19-23H2,1-4H3. The molecule has 0 amide bonds. The number of nitrogens with one attached hydrogen (secondary N) is 1. The lowest BCUT2D eigenvalue weighted by Gasteiger charge is -2.27.